The quantitative estimate of drug-likeness (QED) is 0.517. The summed E-state index contributed by atoms with van der Waals surface area (Å²) in [6, 6.07) is -0.0949. The number of hydrogen-bond donors (Lipinski definition) is 2. The Bertz CT molecular complexity index is 83.1. The van der Waals surface area contributed by atoms with Crippen LogP contribution in [0.5, 0.6) is 0 Å². The smallest absolute Gasteiger partial charge is 0.207 e. The van der Waals surface area contributed by atoms with E-state index in [-0.39, 0.29) is 12.6 Å². The zero-order chi connectivity index (χ0) is 7.28. The molecule has 0 aromatic heterocycles. The van der Waals surface area contributed by atoms with Gasteiger partial charge in [0.15, 0.2) is 0 Å². The number of aliphatic hydroxyl groups is 1. The maximum absolute atomic E-state index is 9.86. The van der Waals surface area contributed by atoms with Gasteiger partial charge in [-0.1, -0.05) is 13.8 Å². The fourth-order valence-corrected chi connectivity index (χ4v) is 0.543. The fourth-order valence-electron chi connectivity index (χ4n) is 0.543. The van der Waals surface area contributed by atoms with Gasteiger partial charge in [0.2, 0.25) is 6.41 Å². The first kappa shape index (κ1) is 8.43. The minimum Gasteiger partial charge on any atom is -0.394 e. The van der Waals surface area contributed by atoms with Crippen LogP contribution in [0.1, 0.15) is 13.8 Å². The molecule has 1 atom stereocenters. The van der Waals surface area contributed by atoms with Crippen molar-refractivity contribution in [1.82, 2.24) is 5.32 Å². The minimum absolute atomic E-state index is 0.0103. The first-order valence-electron chi connectivity index (χ1n) is 3.03. The van der Waals surface area contributed by atoms with Crippen molar-refractivity contribution in [2.45, 2.75) is 19.9 Å². The van der Waals surface area contributed by atoms with Gasteiger partial charge in [-0.2, -0.15) is 0 Å². The molecule has 3 heteroatoms. The maximum Gasteiger partial charge on any atom is 0.207 e. The van der Waals surface area contributed by atoms with E-state index in [0.29, 0.717) is 12.3 Å². The highest BCUT2D eigenvalue weighted by molar-refractivity contribution is 5.46. The summed E-state index contributed by atoms with van der Waals surface area (Å²) < 4.78 is 0. The summed E-state index contributed by atoms with van der Waals surface area (Å²) in [5, 5.41) is 11.1. The Kier molecular flexibility index (Phi) is 4.05. The van der Waals surface area contributed by atoms with E-state index in [0.717, 1.165) is 0 Å². The summed E-state index contributed by atoms with van der Waals surface area (Å²) in [6.07, 6.45) is 0.612. The number of carbonyl (C=O) groups is 1. The second-order valence-electron chi connectivity index (χ2n) is 2.32. The van der Waals surface area contributed by atoms with Gasteiger partial charge < -0.3 is 10.4 Å². The largest absolute Gasteiger partial charge is 0.394 e. The minimum atomic E-state index is -0.0949. The van der Waals surface area contributed by atoms with E-state index in [1.807, 2.05) is 13.8 Å². The highest BCUT2D eigenvalue weighted by Crippen LogP contribution is 1.97. The Hall–Kier alpha value is -0.570. The predicted octanol–water partition coefficient (Wildman–Crippen LogP) is -0.251. The van der Waals surface area contributed by atoms with Gasteiger partial charge in [0.05, 0.1) is 12.6 Å². The summed E-state index contributed by atoms with van der Waals surface area (Å²) >= 11 is 0. The number of aliphatic hydroxyl groups excluding tert-OH is 1. The average molecular weight is 131 g/mol. The Morgan fingerprint density at radius 1 is 1.67 bits per heavy atom. The van der Waals surface area contributed by atoms with E-state index < -0.39 is 0 Å². The summed E-state index contributed by atoms with van der Waals surface area (Å²) in [5.41, 5.74) is 0. The molecule has 0 saturated carbocycles. The van der Waals surface area contributed by atoms with Crippen molar-refractivity contribution in [2.24, 2.45) is 5.92 Å². The molecule has 0 aliphatic heterocycles. The number of carbonyl (C=O) groups excluding carboxylic acids is 1. The Labute approximate surface area is 55.1 Å². The molecular weight excluding hydrogens is 118 g/mol. The highest BCUT2D eigenvalue weighted by Gasteiger charge is 2.08. The van der Waals surface area contributed by atoms with Gasteiger partial charge in [-0.15, -0.1) is 0 Å². The summed E-state index contributed by atoms with van der Waals surface area (Å²) in [7, 11) is 0. The van der Waals surface area contributed by atoms with Crippen LogP contribution in [0, 0.1) is 5.92 Å². The van der Waals surface area contributed by atoms with Gasteiger partial charge in [-0.25, -0.2) is 0 Å². The van der Waals surface area contributed by atoms with Crippen LogP contribution in [0.2, 0.25) is 0 Å². The molecule has 3 nitrogen and oxygen atoms in total. The van der Waals surface area contributed by atoms with Crippen LogP contribution >= 0.6 is 0 Å². The third-order valence-electron chi connectivity index (χ3n) is 1.28. The first-order valence-corrected chi connectivity index (χ1v) is 3.03. The first-order chi connectivity index (χ1) is 4.22. The molecule has 0 spiro atoms. The van der Waals surface area contributed by atoms with Gasteiger partial charge in [0.1, 0.15) is 0 Å². The zero-order valence-corrected chi connectivity index (χ0v) is 5.79. The van der Waals surface area contributed by atoms with E-state index in [1.54, 1.807) is 0 Å². The second kappa shape index (κ2) is 4.32. The van der Waals surface area contributed by atoms with Crippen LogP contribution in [0.3, 0.4) is 0 Å². The van der Waals surface area contributed by atoms with Crippen LogP contribution in [0.25, 0.3) is 0 Å². The third kappa shape index (κ3) is 3.08. The molecule has 0 fully saturated rings. The number of hydrogen-bond acceptors (Lipinski definition) is 2. The van der Waals surface area contributed by atoms with Crippen LogP contribution in [0.15, 0.2) is 0 Å². The molecule has 1 amide bonds. The van der Waals surface area contributed by atoms with Crippen molar-refractivity contribution in [3.8, 4) is 0 Å². The van der Waals surface area contributed by atoms with E-state index >= 15 is 0 Å². The predicted molar refractivity (Wildman–Crippen MR) is 34.9 cm³/mol. The van der Waals surface area contributed by atoms with Crippen LogP contribution < -0.4 is 5.32 Å². The molecule has 0 bridgehead atoms. The van der Waals surface area contributed by atoms with Gasteiger partial charge >= 0.3 is 0 Å². The molecule has 1 unspecified atom stereocenters. The van der Waals surface area contributed by atoms with Crippen molar-refractivity contribution in [1.29, 1.82) is 0 Å². The summed E-state index contributed by atoms with van der Waals surface area (Å²) in [4.78, 5) is 9.86. The molecule has 0 aliphatic rings. The van der Waals surface area contributed by atoms with Crippen molar-refractivity contribution in [3.05, 3.63) is 0 Å². The Morgan fingerprint density at radius 3 is 2.33 bits per heavy atom. The molecule has 0 aliphatic carbocycles. The molecule has 2 N–H and O–H groups in total. The van der Waals surface area contributed by atoms with Gasteiger partial charge in [-0.05, 0) is 5.92 Å². The number of amides is 1. The second-order valence-corrected chi connectivity index (χ2v) is 2.32. The van der Waals surface area contributed by atoms with E-state index in [1.165, 1.54) is 0 Å². The highest BCUT2D eigenvalue weighted by atomic mass is 16.3. The lowest BCUT2D eigenvalue weighted by Crippen LogP contribution is -2.35. The zero-order valence-electron chi connectivity index (χ0n) is 5.79. The monoisotopic (exact) mass is 131 g/mol. The van der Waals surface area contributed by atoms with Crippen molar-refractivity contribution >= 4 is 6.41 Å². The SMILES string of the molecule is CC(C)C(CO)NC=O. The van der Waals surface area contributed by atoms with Gasteiger partial charge in [-0.3, -0.25) is 4.79 Å². The molecule has 0 saturated heterocycles. The van der Waals surface area contributed by atoms with E-state index in [9.17, 15) is 4.79 Å². The molecule has 0 rings (SSSR count). The Morgan fingerprint density at radius 2 is 2.22 bits per heavy atom. The van der Waals surface area contributed by atoms with Crippen molar-refractivity contribution in [2.75, 3.05) is 6.61 Å². The third-order valence-corrected chi connectivity index (χ3v) is 1.28. The molecular formula is C6H13NO2. The summed E-state index contributed by atoms with van der Waals surface area (Å²) in [5.74, 6) is 0.292. The van der Waals surface area contributed by atoms with Crippen LogP contribution in [0.4, 0.5) is 0 Å². The van der Waals surface area contributed by atoms with Crippen molar-refractivity contribution < 1.29 is 9.90 Å². The average Bonchev–Trinajstić information content (AvgIpc) is 1.82. The lowest BCUT2D eigenvalue weighted by Gasteiger charge is -2.15. The molecule has 0 aromatic carbocycles. The van der Waals surface area contributed by atoms with Crippen LogP contribution in [-0.4, -0.2) is 24.2 Å². The Balaban J connectivity index is 3.53. The molecule has 9 heavy (non-hydrogen) atoms. The lowest BCUT2D eigenvalue weighted by atomic mass is 10.1. The molecule has 54 valence electrons. The van der Waals surface area contributed by atoms with Gasteiger partial charge in [0.25, 0.3) is 0 Å². The normalized spacial score (nSPS) is 13.3. The molecule has 0 radical (unpaired) electrons. The van der Waals surface area contributed by atoms with Crippen LogP contribution in [-0.2, 0) is 4.79 Å². The van der Waals surface area contributed by atoms with E-state index in [2.05, 4.69) is 5.32 Å². The summed E-state index contributed by atoms with van der Waals surface area (Å²) in [6.45, 7) is 3.89. The van der Waals surface area contributed by atoms with Crippen molar-refractivity contribution in [3.63, 3.8) is 0 Å². The standard InChI is InChI=1S/C6H13NO2/c1-5(2)6(3-8)7-4-9/h4-6,8H,3H2,1-2H3,(H,7,9). The maximum atomic E-state index is 9.86. The number of nitrogens with one attached hydrogen (secondary N) is 1. The van der Waals surface area contributed by atoms with E-state index in [4.69, 9.17) is 5.11 Å². The topological polar surface area (TPSA) is 49.3 Å². The fraction of sp³-hybridized carbons (Fsp3) is 0.833. The molecule has 0 heterocycles. The number of rotatable bonds is 4. The van der Waals surface area contributed by atoms with Gasteiger partial charge in [0, 0.05) is 0 Å². The lowest BCUT2D eigenvalue weighted by molar-refractivity contribution is -0.110. The molecule has 0 aromatic rings.